The average molecular weight is 426 g/mol. The lowest BCUT2D eigenvalue weighted by molar-refractivity contribution is -0.117. The number of hydrogen-bond acceptors (Lipinski definition) is 3. The summed E-state index contributed by atoms with van der Waals surface area (Å²) in [6.07, 6.45) is 0.461. The molecule has 5 heteroatoms. The van der Waals surface area contributed by atoms with Gasteiger partial charge in [0.2, 0.25) is 5.91 Å². The lowest BCUT2D eigenvalue weighted by Gasteiger charge is -2.20. The second kappa shape index (κ2) is 8.15. The lowest BCUT2D eigenvalue weighted by atomic mass is 10.1. The molecule has 1 unspecified atom stereocenters. The van der Waals surface area contributed by atoms with Crippen LogP contribution in [0.15, 0.2) is 66.7 Å². The van der Waals surface area contributed by atoms with Crippen LogP contribution in [-0.2, 0) is 11.3 Å². The van der Waals surface area contributed by atoms with E-state index in [9.17, 15) is 4.79 Å². The Morgan fingerprint density at radius 1 is 1.03 bits per heavy atom. The van der Waals surface area contributed by atoms with Crippen molar-refractivity contribution in [2.24, 2.45) is 0 Å². The van der Waals surface area contributed by atoms with Gasteiger partial charge in [0.15, 0.2) is 0 Å². The van der Waals surface area contributed by atoms with Crippen molar-refractivity contribution in [3.8, 4) is 5.75 Å². The molecule has 1 aliphatic rings. The Balaban J connectivity index is 1.55. The summed E-state index contributed by atoms with van der Waals surface area (Å²) in [5.74, 6) is 2.00. The van der Waals surface area contributed by atoms with Gasteiger partial charge in [-0.25, -0.2) is 4.98 Å². The number of amides is 1. The summed E-state index contributed by atoms with van der Waals surface area (Å²) in [7, 11) is 1.70. The SMILES string of the molecule is COc1ccccc1Cn1c(C2CC(=O)N(c3cc(C)ccc3C)C2)nc2ccccc21. The van der Waals surface area contributed by atoms with Crippen LogP contribution in [0.5, 0.6) is 5.75 Å². The fourth-order valence-corrected chi connectivity index (χ4v) is 4.70. The third-order valence-electron chi connectivity index (χ3n) is 6.35. The van der Waals surface area contributed by atoms with E-state index in [1.807, 2.05) is 41.3 Å². The number of para-hydroxylation sites is 3. The minimum absolute atomic E-state index is 0.0320. The highest BCUT2D eigenvalue weighted by Gasteiger charge is 2.35. The van der Waals surface area contributed by atoms with Gasteiger partial charge in [-0.2, -0.15) is 0 Å². The molecule has 0 saturated carbocycles. The molecule has 32 heavy (non-hydrogen) atoms. The largest absolute Gasteiger partial charge is 0.496 e. The number of hydrogen-bond donors (Lipinski definition) is 0. The molecule has 1 aliphatic heterocycles. The predicted molar refractivity (Wildman–Crippen MR) is 127 cm³/mol. The topological polar surface area (TPSA) is 47.4 Å². The van der Waals surface area contributed by atoms with E-state index in [0.717, 1.165) is 45.0 Å². The monoisotopic (exact) mass is 425 g/mol. The van der Waals surface area contributed by atoms with Gasteiger partial charge >= 0.3 is 0 Å². The first-order chi connectivity index (χ1) is 15.5. The number of methoxy groups -OCH3 is 1. The third kappa shape index (κ3) is 3.54. The number of fused-ring (bicyclic) bond motifs is 1. The van der Waals surface area contributed by atoms with Gasteiger partial charge in [-0.3, -0.25) is 4.79 Å². The zero-order valence-electron chi connectivity index (χ0n) is 18.7. The van der Waals surface area contributed by atoms with Gasteiger partial charge in [0, 0.05) is 30.1 Å². The molecule has 0 aliphatic carbocycles. The number of nitrogens with zero attached hydrogens (tertiary/aromatic N) is 3. The molecule has 0 bridgehead atoms. The van der Waals surface area contributed by atoms with E-state index in [1.54, 1.807) is 7.11 Å². The van der Waals surface area contributed by atoms with Gasteiger partial charge < -0.3 is 14.2 Å². The van der Waals surface area contributed by atoms with Gasteiger partial charge in [-0.05, 0) is 49.2 Å². The van der Waals surface area contributed by atoms with Gasteiger partial charge in [0.25, 0.3) is 0 Å². The number of imidazole rings is 1. The van der Waals surface area contributed by atoms with Gasteiger partial charge in [-0.15, -0.1) is 0 Å². The molecule has 1 fully saturated rings. The van der Waals surface area contributed by atoms with Crippen molar-refractivity contribution in [1.29, 1.82) is 0 Å². The molecule has 0 N–H and O–H groups in total. The highest BCUT2D eigenvalue weighted by Crippen LogP contribution is 2.35. The minimum Gasteiger partial charge on any atom is -0.496 e. The van der Waals surface area contributed by atoms with Crippen molar-refractivity contribution in [1.82, 2.24) is 9.55 Å². The second-order valence-corrected chi connectivity index (χ2v) is 8.55. The van der Waals surface area contributed by atoms with Crippen molar-refractivity contribution < 1.29 is 9.53 Å². The van der Waals surface area contributed by atoms with E-state index in [0.29, 0.717) is 19.5 Å². The molecule has 1 aromatic heterocycles. The third-order valence-corrected chi connectivity index (χ3v) is 6.35. The van der Waals surface area contributed by atoms with Crippen LogP contribution in [0.3, 0.4) is 0 Å². The highest BCUT2D eigenvalue weighted by atomic mass is 16.5. The van der Waals surface area contributed by atoms with Crippen LogP contribution in [0.2, 0.25) is 0 Å². The number of benzene rings is 3. The first-order valence-corrected chi connectivity index (χ1v) is 11.0. The Kier molecular flexibility index (Phi) is 5.17. The summed E-state index contributed by atoms with van der Waals surface area (Å²) in [6, 6.07) is 22.5. The summed E-state index contributed by atoms with van der Waals surface area (Å²) in [5.41, 5.74) is 6.40. The zero-order valence-corrected chi connectivity index (χ0v) is 18.7. The van der Waals surface area contributed by atoms with E-state index in [4.69, 9.17) is 9.72 Å². The minimum atomic E-state index is 0.0320. The summed E-state index contributed by atoms with van der Waals surface area (Å²) < 4.78 is 7.84. The maximum atomic E-state index is 13.1. The first-order valence-electron chi connectivity index (χ1n) is 11.0. The summed E-state index contributed by atoms with van der Waals surface area (Å²) in [6.45, 7) is 5.41. The van der Waals surface area contributed by atoms with Crippen molar-refractivity contribution >= 4 is 22.6 Å². The Hall–Kier alpha value is -3.60. The van der Waals surface area contributed by atoms with Crippen LogP contribution in [0.4, 0.5) is 5.69 Å². The smallest absolute Gasteiger partial charge is 0.227 e. The highest BCUT2D eigenvalue weighted by molar-refractivity contribution is 5.97. The van der Waals surface area contributed by atoms with Gasteiger partial charge in [-0.1, -0.05) is 42.5 Å². The van der Waals surface area contributed by atoms with Crippen molar-refractivity contribution in [3.63, 3.8) is 0 Å². The lowest BCUT2D eigenvalue weighted by Crippen LogP contribution is -2.25. The number of ether oxygens (including phenoxy) is 1. The molecule has 0 radical (unpaired) electrons. The molecule has 5 rings (SSSR count). The number of rotatable bonds is 5. The maximum Gasteiger partial charge on any atom is 0.227 e. The molecule has 4 aromatic rings. The van der Waals surface area contributed by atoms with E-state index in [-0.39, 0.29) is 11.8 Å². The van der Waals surface area contributed by atoms with Crippen molar-refractivity contribution in [2.45, 2.75) is 32.7 Å². The molecule has 1 saturated heterocycles. The van der Waals surface area contributed by atoms with Gasteiger partial charge in [0.1, 0.15) is 11.6 Å². The maximum absolute atomic E-state index is 13.1. The molecule has 2 heterocycles. The quantitative estimate of drug-likeness (QED) is 0.440. The van der Waals surface area contributed by atoms with Gasteiger partial charge in [0.05, 0.1) is 24.7 Å². The normalized spacial score (nSPS) is 16.2. The molecular formula is C27H27N3O2. The van der Waals surface area contributed by atoms with Crippen LogP contribution in [0.1, 0.15) is 34.9 Å². The van der Waals surface area contributed by atoms with Crippen LogP contribution in [0.25, 0.3) is 11.0 Å². The van der Waals surface area contributed by atoms with E-state index in [2.05, 4.69) is 48.7 Å². The Bertz CT molecular complexity index is 1310. The zero-order chi connectivity index (χ0) is 22.2. The fraction of sp³-hybridized carbons (Fsp3) is 0.259. The fourth-order valence-electron chi connectivity index (χ4n) is 4.70. The molecule has 3 aromatic carbocycles. The Morgan fingerprint density at radius 3 is 2.66 bits per heavy atom. The van der Waals surface area contributed by atoms with E-state index >= 15 is 0 Å². The molecule has 0 spiro atoms. The first kappa shape index (κ1) is 20.3. The van der Waals surface area contributed by atoms with Crippen LogP contribution in [0, 0.1) is 13.8 Å². The van der Waals surface area contributed by atoms with Crippen LogP contribution >= 0.6 is 0 Å². The summed E-state index contributed by atoms with van der Waals surface area (Å²) >= 11 is 0. The Morgan fingerprint density at radius 2 is 1.81 bits per heavy atom. The predicted octanol–water partition coefficient (Wildman–Crippen LogP) is 5.23. The molecule has 162 valence electrons. The van der Waals surface area contributed by atoms with Crippen molar-refractivity contribution in [2.75, 3.05) is 18.6 Å². The molecule has 1 atom stereocenters. The number of aryl methyl sites for hydroxylation is 2. The number of carbonyl (C=O) groups is 1. The molecule has 5 nitrogen and oxygen atoms in total. The van der Waals surface area contributed by atoms with E-state index < -0.39 is 0 Å². The van der Waals surface area contributed by atoms with E-state index in [1.165, 1.54) is 0 Å². The van der Waals surface area contributed by atoms with Crippen molar-refractivity contribution in [3.05, 3.63) is 89.2 Å². The standard InChI is InChI=1S/C27H27N3O2/c1-18-12-13-19(2)24(14-18)29-17-21(15-26(29)31)27-28-22-9-5-6-10-23(22)30(27)16-20-8-4-7-11-25(20)32-3/h4-14,21H,15-17H2,1-3H3. The second-order valence-electron chi connectivity index (χ2n) is 8.55. The molecule has 1 amide bonds. The van der Waals surface area contributed by atoms with Crippen LogP contribution in [-0.4, -0.2) is 29.1 Å². The number of carbonyl (C=O) groups excluding carboxylic acids is 1. The molecular weight excluding hydrogens is 398 g/mol. The Labute approximate surface area is 188 Å². The number of anilines is 1. The summed E-state index contributed by atoms with van der Waals surface area (Å²) in [5, 5.41) is 0. The summed E-state index contributed by atoms with van der Waals surface area (Å²) in [4.78, 5) is 20.0. The van der Waals surface area contributed by atoms with Crippen LogP contribution < -0.4 is 9.64 Å². The number of aromatic nitrogens is 2. The average Bonchev–Trinajstić information content (AvgIpc) is 3.36.